The molecule has 0 aliphatic heterocycles. The minimum atomic E-state index is -0.349. The van der Waals surface area contributed by atoms with E-state index in [-0.39, 0.29) is 5.97 Å². The van der Waals surface area contributed by atoms with Crippen molar-refractivity contribution in [3.63, 3.8) is 0 Å². The van der Waals surface area contributed by atoms with Gasteiger partial charge in [0.15, 0.2) is 0 Å². The van der Waals surface area contributed by atoms with E-state index < -0.39 is 0 Å². The number of esters is 1. The van der Waals surface area contributed by atoms with Crippen molar-refractivity contribution in [2.75, 3.05) is 12.4 Å². The van der Waals surface area contributed by atoms with Crippen molar-refractivity contribution in [3.8, 4) is 0 Å². The molecule has 2 aromatic rings. The molecule has 0 fully saturated rings. The maximum atomic E-state index is 11.3. The Morgan fingerprint density at radius 2 is 1.70 bits per heavy atom. The number of hydrogen-bond donors (Lipinski definition) is 1. The summed E-state index contributed by atoms with van der Waals surface area (Å²) in [5.41, 5.74) is 2.40. The van der Waals surface area contributed by atoms with Gasteiger partial charge in [-0.05, 0) is 48.0 Å². The van der Waals surface area contributed by atoms with Crippen LogP contribution in [-0.2, 0) is 11.3 Å². The van der Waals surface area contributed by atoms with Crippen molar-refractivity contribution < 1.29 is 9.53 Å². The Kier molecular flexibility index (Phi) is 4.88. The molecule has 0 atom stereocenters. The van der Waals surface area contributed by atoms with Crippen LogP contribution < -0.4 is 5.32 Å². The van der Waals surface area contributed by atoms with Crippen molar-refractivity contribution in [2.24, 2.45) is 0 Å². The average molecular weight is 310 g/mol. The topological polar surface area (TPSA) is 38.3 Å². The van der Waals surface area contributed by atoms with Crippen molar-refractivity contribution in [2.45, 2.75) is 6.54 Å². The monoisotopic (exact) mass is 309 g/mol. The van der Waals surface area contributed by atoms with Crippen LogP contribution in [0.1, 0.15) is 15.9 Å². The summed E-state index contributed by atoms with van der Waals surface area (Å²) in [6.07, 6.45) is 0. The van der Waals surface area contributed by atoms with Crippen molar-refractivity contribution in [1.82, 2.24) is 0 Å². The highest BCUT2D eigenvalue weighted by atomic mass is 35.5. The smallest absolute Gasteiger partial charge is 0.337 e. The Bertz CT molecular complexity index is 592. The first-order chi connectivity index (χ1) is 9.58. The molecule has 0 spiro atoms. The molecule has 0 aliphatic rings. The van der Waals surface area contributed by atoms with Gasteiger partial charge in [-0.15, -0.1) is 0 Å². The lowest BCUT2D eigenvalue weighted by atomic mass is 10.2. The van der Waals surface area contributed by atoms with Crippen LogP contribution in [-0.4, -0.2) is 13.1 Å². The number of benzene rings is 2. The van der Waals surface area contributed by atoms with Gasteiger partial charge in [-0.3, -0.25) is 0 Å². The molecule has 0 amide bonds. The number of methoxy groups -OCH3 is 1. The number of nitrogens with one attached hydrogen (secondary N) is 1. The fourth-order valence-electron chi connectivity index (χ4n) is 1.76. The summed E-state index contributed by atoms with van der Waals surface area (Å²) in [6, 6.07) is 12.4. The maximum absolute atomic E-state index is 11.3. The van der Waals surface area contributed by atoms with Crippen LogP contribution >= 0.6 is 23.2 Å². The molecule has 1 N–H and O–H groups in total. The van der Waals surface area contributed by atoms with Gasteiger partial charge in [0.2, 0.25) is 0 Å². The van der Waals surface area contributed by atoms with Gasteiger partial charge in [0.05, 0.1) is 12.7 Å². The summed E-state index contributed by atoms with van der Waals surface area (Å²) in [5.74, 6) is -0.349. The van der Waals surface area contributed by atoms with Crippen molar-refractivity contribution >= 4 is 34.9 Å². The lowest BCUT2D eigenvalue weighted by Crippen LogP contribution is -2.02. The number of ether oxygens (including phenoxy) is 1. The number of carbonyl (C=O) groups excluding carboxylic acids is 1. The number of carbonyl (C=O) groups is 1. The first-order valence-corrected chi connectivity index (χ1v) is 6.71. The van der Waals surface area contributed by atoms with Crippen LogP contribution in [0.3, 0.4) is 0 Å². The van der Waals surface area contributed by atoms with Crippen molar-refractivity contribution in [1.29, 1.82) is 0 Å². The van der Waals surface area contributed by atoms with Gasteiger partial charge in [0.25, 0.3) is 0 Å². The average Bonchev–Trinajstić information content (AvgIpc) is 2.44. The molecule has 0 unspecified atom stereocenters. The molecule has 2 aromatic carbocycles. The van der Waals surface area contributed by atoms with Crippen LogP contribution in [0.25, 0.3) is 0 Å². The Morgan fingerprint density at radius 3 is 2.25 bits per heavy atom. The Labute approximate surface area is 127 Å². The zero-order valence-corrected chi connectivity index (χ0v) is 12.3. The fraction of sp³-hybridized carbons (Fsp3) is 0.133. The molecule has 0 radical (unpaired) electrons. The number of halogens is 2. The molecule has 0 aliphatic carbocycles. The first-order valence-electron chi connectivity index (χ1n) is 5.95. The van der Waals surface area contributed by atoms with E-state index in [1.807, 2.05) is 24.3 Å². The zero-order chi connectivity index (χ0) is 14.5. The van der Waals surface area contributed by atoms with Gasteiger partial charge in [-0.1, -0.05) is 23.2 Å². The fourth-order valence-corrected chi connectivity index (χ4v) is 2.33. The van der Waals surface area contributed by atoms with Gasteiger partial charge in [0.1, 0.15) is 0 Å². The van der Waals surface area contributed by atoms with Gasteiger partial charge in [0, 0.05) is 22.3 Å². The van der Waals surface area contributed by atoms with Gasteiger partial charge < -0.3 is 10.1 Å². The molecule has 0 aromatic heterocycles. The summed E-state index contributed by atoms with van der Waals surface area (Å²) in [5, 5.41) is 4.44. The van der Waals surface area contributed by atoms with Crippen LogP contribution in [0.15, 0.2) is 42.5 Å². The minimum absolute atomic E-state index is 0.349. The minimum Gasteiger partial charge on any atom is -0.465 e. The number of hydrogen-bond acceptors (Lipinski definition) is 3. The highest BCUT2D eigenvalue weighted by Gasteiger charge is 2.04. The van der Waals surface area contributed by atoms with E-state index in [4.69, 9.17) is 23.2 Å². The third-order valence-corrected chi connectivity index (χ3v) is 3.16. The molecule has 104 valence electrons. The predicted molar refractivity (Wildman–Crippen MR) is 81.6 cm³/mol. The Hall–Kier alpha value is -1.71. The molecule has 0 saturated heterocycles. The first kappa shape index (κ1) is 14.7. The van der Waals surface area contributed by atoms with Gasteiger partial charge in [-0.25, -0.2) is 4.79 Å². The standard InChI is InChI=1S/C15H13Cl2NO2/c1-20-15(19)11-2-4-14(5-3-11)18-9-10-6-12(16)8-13(17)7-10/h2-8,18H,9H2,1H3. The molecule has 0 heterocycles. The van der Waals surface area contributed by atoms with E-state index >= 15 is 0 Å². The highest BCUT2D eigenvalue weighted by Crippen LogP contribution is 2.20. The zero-order valence-electron chi connectivity index (χ0n) is 10.8. The second kappa shape index (κ2) is 6.64. The Morgan fingerprint density at radius 1 is 1.10 bits per heavy atom. The van der Waals surface area contributed by atoms with E-state index in [0.717, 1.165) is 11.3 Å². The van der Waals surface area contributed by atoms with E-state index in [1.54, 1.807) is 18.2 Å². The van der Waals surface area contributed by atoms with Crippen molar-refractivity contribution in [3.05, 3.63) is 63.6 Å². The molecular weight excluding hydrogens is 297 g/mol. The molecular formula is C15H13Cl2NO2. The largest absolute Gasteiger partial charge is 0.465 e. The second-order valence-corrected chi connectivity index (χ2v) is 5.07. The summed E-state index contributed by atoms with van der Waals surface area (Å²) < 4.78 is 4.64. The second-order valence-electron chi connectivity index (χ2n) is 4.20. The van der Waals surface area contributed by atoms with E-state index in [0.29, 0.717) is 22.2 Å². The lowest BCUT2D eigenvalue weighted by Gasteiger charge is -2.08. The van der Waals surface area contributed by atoms with E-state index in [1.165, 1.54) is 7.11 Å². The quantitative estimate of drug-likeness (QED) is 0.851. The van der Waals surface area contributed by atoms with E-state index in [2.05, 4.69) is 10.1 Å². The number of anilines is 1. The molecule has 0 saturated carbocycles. The molecule has 3 nitrogen and oxygen atoms in total. The molecule has 5 heteroatoms. The molecule has 2 rings (SSSR count). The van der Waals surface area contributed by atoms with Crippen LogP contribution in [0.2, 0.25) is 10.0 Å². The van der Waals surface area contributed by atoms with Crippen LogP contribution in [0, 0.1) is 0 Å². The normalized spacial score (nSPS) is 10.2. The Balaban J connectivity index is 2.02. The summed E-state index contributed by atoms with van der Waals surface area (Å²) in [6.45, 7) is 0.595. The third kappa shape index (κ3) is 3.89. The predicted octanol–water partition coefficient (Wildman–Crippen LogP) is 4.39. The lowest BCUT2D eigenvalue weighted by molar-refractivity contribution is 0.0601. The van der Waals surface area contributed by atoms with Crippen LogP contribution in [0.5, 0.6) is 0 Å². The van der Waals surface area contributed by atoms with Gasteiger partial charge in [-0.2, -0.15) is 0 Å². The number of rotatable bonds is 4. The molecule has 0 bridgehead atoms. The molecule has 20 heavy (non-hydrogen) atoms. The summed E-state index contributed by atoms with van der Waals surface area (Å²) in [4.78, 5) is 11.3. The van der Waals surface area contributed by atoms with Crippen LogP contribution in [0.4, 0.5) is 5.69 Å². The third-order valence-electron chi connectivity index (χ3n) is 2.72. The van der Waals surface area contributed by atoms with E-state index in [9.17, 15) is 4.79 Å². The highest BCUT2D eigenvalue weighted by molar-refractivity contribution is 6.34. The summed E-state index contributed by atoms with van der Waals surface area (Å²) in [7, 11) is 1.36. The van der Waals surface area contributed by atoms with Gasteiger partial charge >= 0.3 is 5.97 Å². The SMILES string of the molecule is COC(=O)c1ccc(NCc2cc(Cl)cc(Cl)c2)cc1. The summed E-state index contributed by atoms with van der Waals surface area (Å²) >= 11 is 11.9. The maximum Gasteiger partial charge on any atom is 0.337 e.